The summed E-state index contributed by atoms with van der Waals surface area (Å²) in [5.41, 5.74) is 0.966. The highest BCUT2D eigenvalue weighted by Crippen LogP contribution is 2.26. The third-order valence-corrected chi connectivity index (χ3v) is 5.53. The van der Waals surface area contributed by atoms with E-state index >= 15 is 0 Å². The van der Waals surface area contributed by atoms with E-state index in [0.717, 1.165) is 25.0 Å². The molecule has 5 nitrogen and oxygen atoms in total. The number of nitrogens with zero attached hydrogens (tertiary/aromatic N) is 2. The van der Waals surface area contributed by atoms with Crippen molar-refractivity contribution >= 4 is 9.84 Å². The summed E-state index contributed by atoms with van der Waals surface area (Å²) in [4.78, 5) is 4.22. The van der Waals surface area contributed by atoms with E-state index < -0.39 is 9.84 Å². The molecule has 0 bridgehead atoms. The van der Waals surface area contributed by atoms with Gasteiger partial charge in [0.15, 0.2) is 0 Å². The van der Waals surface area contributed by atoms with Crippen molar-refractivity contribution in [3.8, 4) is 0 Å². The van der Waals surface area contributed by atoms with Crippen molar-refractivity contribution in [1.29, 1.82) is 0 Å². The van der Waals surface area contributed by atoms with Crippen LogP contribution in [0, 0.1) is 0 Å². The smallest absolute Gasteiger partial charge is 0.228 e. The van der Waals surface area contributed by atoms with Crippen LogP contribution >= 0.6 is 0 Å². The van der Waals surface area contributed by atoms with Crippen molar-refractivity contribution in [3.63, 3.8) is 0 Å². The molecule has 0 radical (unpaired) electrons. The van der Waals surface area contributed by atoms with Crippen LogP contribution in [0.1, 0.15) is 64.6 Å². The summed E-state index contributed by atoms with van der Waals surface area (Å²) in [6, 6.07) is 0.0712. The average molecular weight is 314 g/mol. The topological polar surface area (TPSA) is 61.2 Å². The molecule has 0 aliphatic carbocycles. The number of hydrogen-bond acceptors (Lipinski definition) is 4. The van der Waals surface area contributed by atoms with Gasteiger partial charge in [0, 0.05) is 24.5 Å². The Morgan fingerprint density at radius 2 is 2.05 bits per heavy atom. The first-order valence-electron chi connectivity index (χ1n) is 7.74. The second kappa shape index (κ2) is 6.48. The van der Waals surface area contributed by atoms with Gasteiger partial charge < -0.3 is 9.30 Å². The molecule has 120 valence electrons. The van der Waals surface area contributed by atoms with E-state index in [1.54, 1.807) is 6.20 Å². The molecule has 0 amide bonds. The Bertz CT molecular complexity index is 570. The van der Waals surface area contributed by atoms with Gasteiger partial charge in [0.25, 0.3) is 0 Å². The second-order valence-electron chi connectivity index (χ2n) is 6.35. The lowest BCUT2D eigenvalue weighted by molar-refractivity contribution is 0.0304. The Labute approximate surface area is 127 Å². The van der Waals surface area contributed by atoms with Gasteiger partial charge in [0.2, 0.25) is 15.0 Å². The highest BCUT2D eigenvalue weighted by Gasteiger charge is 2.29. The van der Waals surface area contributed by atoms with E-state index in [4.69, 9.17) is 4.74 Å². The van der Waals surface area contributed by atoms with Crippen LogP contribution in [-0.2, 0) is 14.6 Å². The summed E-state index contributed by atoms with van der Waals surface area (Å²) in [5, 5.41) is 0.190. The number of sulfone groups is 1. The van der Waals surface area contributed by atoms with E-state index in [-0.39, 0.29) is 29.0 Å². The van der Waals surface area contributed by atoms with Crippen LogP contribution in [0.3, 0.4) is 0 Å². The molecule has 0 spiro atoms. The third kappa shape index (κ3) is 3.66. The first-order chi connectivity index (χ1) is 9.83. The maximum Gasteiger partial charge on any atom is 0.228 e. The molecule has 1 aromatic rings. The quantitative estimate of drug-likeness (QED) is 0.838. The van der Waals surface area contributed by atoms with Crippen LogP contribution in [0.25, 0.3) is 0 Å². The molecule has 0 N–H and O–H groups in total. The van der Waals surface area contributed by atoms with Crippen molar-refractivity contribution in [2.45, 2.75) is 70.2 Å². The van der Waals surface area contributed by atoms with Gasteiger partial charge in [-0.15, -0.1) is 0 Å². The van der Waals surface area contributed by atoms with Gasteiger partial charge in [-0.25, -0.2) is 13.4 Å². The van der Waals surface area contributed by atoms with Gasteiger partial charge in [-0.3, -0.25) is 0 Å². The van der Waals surface area contributed by atoms with Crippen LogP contribution in [0.4, 0.5) is 0 Å². The second-order valence-corrected chi connectivity index (χ2v) is 8.28. The monoisotopic (exact) mass is 314 g/mol. The fraction of sp³-hybridized carbons (Fsp3) is 0.800. The number of ether oxygens (including phenoxy) is 1. The number of rotatable bonds is 5. The molecule has 2 heterocycles. The van der Waals surface area contributed by atoms with Crippen LogP contribution in [0.15, 0.2) is 11.4 Å². The minimum absolute atomic E-state index is 0.0360. The van der Waals surface area contributed by atoms with Crippen LogP contribution < -0.4 is 0 Å². The van der Waals surface area contributed by atoms with Crippen molar-refractivity contribution in [3.05, 3.63) is 11.9 Å². The molecule has 1 saturated heterocycles. The SMILES string of the molecule is CC(C)c1cnc(S(=O)(=O)C[C@@H]2CCCCO2)n1C(C)C. The summed E-state index contributed by atoms with van der Waals surface area (Å²) < 4.78 is 32.8. The zero-order valence-corrected chi connectivity index (χ0v) is 14.2. The average Bonchev–Trinajstić information content (AvgIpc) is 2.85. The van der Waals surface area contributed by atoms with E-state index in [9.17, 15) is 8.42 Å². The molecule has 6 heteroatoms. The lowest BCUT2D eigenvalue weighted by Crippen LogP contribution is -2.29. The lowest BCUT2D eigenvalue weighted by Gasteiger charge is -2.23. The molecule has 2 rings (SSSR count). The molecular weight excluding hydrogens is 288 g/mol. The van der Waals surface area contributed by atoms with Crippen molar-refractivity contribution in [2.75, 3.05) is 12.4 Å². The van der Waals surface area contributed by atoms with Crippen molar-refractivity contribution in [1.82, 2.24) is 9.55 Å². The van der Waals surface area contributed by atoms with Gasteiger partial charge in [-0.05, 0) is 39.0 Å². The zero-order valence-electron chi connectivity index (χ0n) is 13.4. The third-order valence-electron chi connectivity index (χ3n) is 3.86. The fourth-order valence-corrected chi connectivity index (χ4v) is 4.52. The Morgan fingerprint density at radius 1 is 1.33 bits per heavy atom. The maximum atomic E-state index is 12.7. The standard InChI is InChI=1S/C15H26N2O3S/c1-11(2)14-9-16-15(17(14)12(3)4)21(18,19)10-13-7-5-6-8-20-13/h9,11-13H,5-8,10H2,1-4H3/t13-/m0/s1. The first kappa shape index (κ1) is 16.5. The van der Waals surface area contributed by atoms with Gasteiger partial charge in [-0.2, -0.15) is 0 Å². The molecular formula is C15H26N2O3S. The molecule has 0 unspecified atom stereocenters. The molecule has 0 aromatic carbocycles. The summed E-state index contributed by atoms with van der Waals surface area (Å²) in [6.45, 7) is 8.75. The minimum Gasteiger partial charge on any atom is -0.377 e. The van der Waals surface area contributed by atoms with E-state index in [1.165, 1.54) is 0 Å². The van der Waals surface area contributed by atoms with Gasteiger partial charge in [0.1, 0.15) is 0 Å². The number of imidazole rings is 1. The molecule has 1 aliphatic heterocycles. The fourth-order valence-electron chi connectivity index (χ4n) is 2.79. The number of aromatic nitrogens is 2. The first-order valence-corrected chi connectivity index (χ1v) is 9.39. The predicted molar refractivity (Wildman–Crippen MR) is 82.3 cm³/mol. The summed E-state index contributed by atoms with van der Waals surface area (Å²) in [6.07, 6.45) is 4.38. The summed E-state index contributed by atoms with van der Waals surface area (Å²) in [7, 11) is -3.42. The number of hydrogen-bond donors (Lipinski definition) is 0. The van der Waals surface area contributed by atoms with Crippen LogP contribution in [0.2, 0.25) is 0 Å². The maximum absolute atomic E-state index is 12.7. The largest absolute Gasteiger partial charge is 0.377 e. The van der Waals surface area contributed by atoms with Crippen molar-refractivity contribution < 1.29 is 13.2 Å². The Morgan fingerprint density at radius 3 is 2.57 bits per heavy atom. The normalized spacial score (nSPS) is 20.4. The van der Waals surface area contributed by atoms with Crippen LogP contribution in [0.5, 0.6) is 0 Å². The molecule has 1 aromatic heterocycles. The summed E-state index contributed by atoms with van der Waals surface area (Å²) >= 11 is 0. The van der Waals surface area contributed by atoms with Crippen molar-refractivity contribution in [2.24, 2.45) is 0 Å². The van der Waals surface area contributed by atoms with E-state index in [1.807, 2.05) is 18.4 Å². The molecule has 21 heavy (non-hydrogen) atoms. The minimum atomic E-state index is -3.42. The van der Waals surface area contributed by atoms with Gasteiger partial charge in [0.05, 0.1) is 11.9 Å². The van der Waals surface area contributed by atoms with E-state index in [0.29, 0.717) is 6.61 Å². The molecule has 1 fully saturated rings. The Balaban J connectivity index is 2.31. The van der Waals surface area contributed by atoms with Crippen LogP contribution in [-0.4, -0.2) is 36.4 Å². The molecule has 0 saturated carbocycles. The lowest BCUT2D eigenvalue weighted by atomic mass is 10.1. The van der Waals surface area contributed by atoms with Gasteiger partial charge >= 0.3 is 0 Å². The predicted octanol–water partition coefficient (Wildman–Crippen LogP) is 2.93. The Kier molecular flexibility index (Phi) is 5.09. The highest BCUT2D eigenvalue weighted by molar-refractivity contribution is 7.91. The zero-order chi connectivity index (χ0) is 15.6. The molecule has 1 atom stereocenters. The molecule has 1 aliphatic rings. The summed E-state index contributed by atoms with van der Waals surface area (Å²) in [5.74, 6) is 0.281. The van der Waals surface area contributed by atoms with Gasteiger partial charge in [-0.1, -0.05) is 13.8 Å². The highest BCUT2D eigenvalue weighted by atomic mass is 32.2. The van der Waals surface area contributed by atoms with E-state index in [2.05, 4.69) is 18.8 Å². The Hall–Kier alpha value is -0.880.